The van der Waals surface area contributed by atoms with Crippen LogP contribution >= 0.6 is 27.7 Å². The van der Waals surface area contributed by atoms with Gasteiger partial charge in [-0.25, -0.2) is 4.79 Å². The summed E-state index contributed by atoms with van der Waals surface area (Å²) in [5.74, 6) is -0.930. The first-order valence-corrected chi connectivity index (χ1v) is 9.50. The van der Waals surface area contributed by atoms with Crippen LogP contribution in [0.4, 0.5) is 11.4 Å². The minimum absolute atomic E-state index is 0.118. The molecule has 0 spiro atoms. The average molecular weight is 455 g/mol. The first kappa shape index (κ1) is 20.7. The maximum atomic E-state index is 12.2. The number of anilines is 1. The summed E-state index contributed by atoms with van der Waals surface area (Å²) in [6.45, 7) is -0.518. The van der Waals surface area contributed by atoms with Crippen molar-refractivity contribution in [3.05, 3.63) is 56.5 Å². The first-order chi connectivity index (χ1) is 12.8. The molecule has 2 aromatic rings. The number of carbonyl (C=O) groups is 2. The number of carbonyl (C=O) groups excluding carboxylic acids is 2. The molecule has 0 bridgehead atoms. The highest BCUT2D eigenvalue weighted by molar-refractivity contribution is 9.10. The minimum Gasteiger partial charge on any atom is -0.496 e. The Morgan fingerprint density at radius 2 is 2.00 bits per heavy atom. The minimum atomic E-state index is -0.697. The molecule has 0 aliphatic carbocycles. The smallest absolute Gasteiger partial charge is 0.342 e. The Morgan fingerprint density at radius 1 is 1.26 bits per heavy atom. The van der Waals surface area contributed by atoms with Crippen LogP contribution < -0.4 is 10.1 Å². The lowest BCUT2D eigenvalue weighted by molar-refractivity contribution is -0.384. The van der Waals surface area contributed by atoms with Crippen molar-refractivity contribution in [2.75, 3.05) is 25.3 Å². The number of halogens is 1. The number of ether oxygens (including phenoxy) is 2. The molecule has 0 unspecified atom stereocenters. The monoisotopic (exact) mass is 454 g/mol. The van der Waals surface area contributed by atoms with Gasteiger partial charge < -0.3 is 14.8 Å². The van der Waals surface area contributed by atoms with E-state index in [-0.39, 0.29) is 11.3 Å². The van der Waals surface area contributed by atoms with Crippen LogP contribution in [-0.2, 0) is 9.53 Å². The molecule has 0 saturated heterocycles. The van der Waals surface area contributed by atoms with Crippen molar-refractivity contribution in [3.8, 4) is 5.75 Å². The highest BCUT2D eigenvalue weighted by Crippen LogP contribution is 2.27. The van der Waals surface area contributed by atoms with Gasteiger partial charge >= 0.3 is 5.97 Å². The molecule has 2 rings (SSSR count). The molecule has 0 saturated carbocycles. The molecule has 1 N–H and O–H groups in total. The van der Waals surface area contributed by atoms with E-state index in [0.717, 1.165) is 4.90 Å². The SMILES string of the molecule is COc1cc(SC)ccc1C(=O)OCC(=O)Nc1ccc([N+](=O)[O-])cc1Br. The maximum absolute atomic E-state index is 12.2. The number of methoxy groups -OCH3 is 1. The van der Waals surface area contributed by atoms with Crippen LogP contribution in [0.25, 0.3) is 0 Å². The van der Waals surface area contributed by atoms with E-state index in [2.05, 4.69) is 21.2 Å². The molecule has 0 fully saturated rings. The number of benzene rings is 2. The fraction of sp³-hybridized carbons (Fsp3) is 0.176. The zero-order valence-electron chi connectivity index (χ0n) is 14.4. The van der Waals surface area contributed by atoms with E-state index in [9.17, 15) is 19.7 Å². The lowest BCUT2D eigenvalue weighted by Crippen LogP contribution is -2.21. The van der Waals surface area contributed by atoms with Gasteiger partial charge in [-0.15, -0.1) is 11.8 Å². The molecular weight excluding hydrogens is 440 g/mol. The Labute approximate surface area is 167 Å². The van der Waals surface area contributed by atoms with Gasteiger partial charge in [-0.05, 0) is 46.5 Å². The summed E-state index contributed by atoms with van der Waals surface area (Å²) >= 11 is 4.65. The highest BCUT2D eigenvalue weighted by Gasteiger charge is 2.17. The van der Waals surface area contributed by atoms with Crippen molar-refractivity contribution in [2.45, 2.75) is 4.90 Å². The molecule has 10 heteroatoms. The predicted molar refractivity (Wildman–Crippen MR) is 104 cm³/mol. The molecule has 142 valence electrons. The Morgan fingerprint density at radius 3 is 2.59 bits per heavy atom. The van der Waals surface area contributed by atoms with Crippen LogP contribution in [0.3, 0.4) is 0 Å². The number of hydrogen-bond acceptors (Lipinski definition) is 7. The number of nitro groups is 1. The summed E-state index contributed by atoms with van der Waals surface area (Å²) in [4.78, 5) is 35.3. The summed E-state index contributed by atoms with van der Waals surface area (Å²) < 4.78 is 10.5. The van der Waals surface area contributed by atoms with Gasteiger partial charge in [-0.2, -0.15) is 0 Å². The van der Waals surface area contributed by atoms with Gasteiger partial charge in [-0.1, -0.05) is 0 Å². The Balaban J connectivity index is 1.99. The second-order valence-corrected chi connectivity index (χ2v) is 6.85. The summed E-state index contributed by atoms with van der Waals surface area (Å²) in [5.41, 5.74) is 0.412. The van der Waals surface area contributed by atoms with Crippen molar-refractivity contribution in [3.63, 3.8) is 0 Å². The third-order valence-corrected chi connectivity index (χ3v) is 4.78. The normalized spacial score (nSPS) is 10.2. The van der Waals surface area contributed by atoms with Crippen LogP contribution in [0.5, 0.6) is 5.75 Å². The summed E-state index contributed by atoms with van der Waals surface area (Å²) in [6.07, 6.45) is 1.90. The molecule has 8 nitrogen and oxygen atoms in total. The average Bonchev–Trinajstić information content (AvgIpc) is 2.66. The lowest BCUT2D eigenvalue weighted by Gasteiger charge is -2.11. The van der Waals surface area contributed by atoms with Crippen molar-refractivity contribution in [1.29, 1.82) is 0 Å². The van der Waals surface area contributed by atoms with E-state index < -0.39 is 23.4 Å². The predicted octanol–water partition coefficient (Wildman–Crippen LogP) is 3.88. The lowest BCUT2D eigenvalue weighted by atomic mass is 10.2. The Hall–Kier alpha value is -2.59. The summed E-state index contributed by atoms with van der Waals surface area (Å²) in [6, 6.07) is 8.92. The zero-order chi connectivity index (χ0) is 20.0. The van der Waals surface area contributed by atoms with Crippen LogP contribution in [0, 0.1) is 10.1 Å². The largest absolute Gasteiger partial charge is 0.496 e. The Kier molecular flexibility index (Phi) is 7.19. The maximum Gasteiger partial charge on any atom is 0.342 e. The first-order valence-electron chi connectivity index (χ1n) is 7.48. The van der Waals surface area contributed by atoms with Crippen molar-refractivity contribution in [2.24, 2.45) is 0 Å². The number of amides is 1. The van der Waals surface area contributed by atoms with Gasteiger partial charge in [0, 0.05) is 21.5 Å². The quantitative estimate of drug-likeness (QED) is 0.292. The van der Waals surface area contributed by atoms with Crippen LogP contribution in [0.1, 0.15) is 10.4 Å². The van der Waals surface area contributed by atoms with Gasteiger partial charge in [0.1, 0.15) is 11.3 Å². The highest BCUT2D eigenvalue weighted by atomic mass is 79.9. The third kappa shape index (κ3) is 5.44. The van der Waals surface area contributed by atoms with Crippen LogP contribution in [0.15, 0.2) is 45.8 Å². The van der Waals surface area contributed by atoms with Crippen molar-refractivity contribution in [1.82, 2.24) is 0 Å². The molecule has 1 amide bonds. The zero-order valence-corrected chi connectivity index (χ0v) is 16.8. The Bertz CT molecular complexity index is 890. The molecule has 0 aliphatic heterocycles. The fourth-order valence-electron chi connectivity index (χ4n) is 2.08. The molecule has 0 radical (unpaired) electrons. The van der Waals surface area contributed by atoms with E-state index in [1.165, 1.54) is 37.1 Å². The van der Waals surface area contributed by atoms with E-state index in [1.54, 1.807) is 18.2 Å². The van der Waals surface area contributed by atoms with Crippen molar-refractivity contribution < 1.29 is 24.0 Å². The number of nitro benzene ring substituents is 1. The van der Waals surface area contributed by atoms with Crippen molar-refractivity contribution >= 4 is 50.9 Å². The molecule has 27 heavy (non-hydrogen) atoms. The van der Waals surface area contributed by atoms with E-state index in [4.69, 9.17) is 9.47 Å². The molecule has 2 aromatic carbocycles. The van der Waals surface area contributed by atoms with Crippen LogP contribution in [0.2, 0.25) is 0 Å². The standard InChI is InChI=1S/C17H15BrN2O6S/c1-25-15-8-11(27-2)4-5-12(15)17(22)26-9-16(21)19-14-6-3-10(20(23)24)7-13(14)18/h3-8H,9H2,1-2H3,(H,19,21). The topological polar surface area (TPSA) is 108 Å². The third-order valence-electron chi connectivity index (χ3n) is 3.40. The fourth-order valence-corrected chi connectivity index (χ4v) is 2.98. The van der Waals surface area contributed by atoms with Gasteiger partial charge in [0.15, 0.2) is 6.61 Å². The number of nitrogens with zero attached hydrogens (tertiary/aromatic N) is 1. The summed E-state index contributed by atoms with van der Waals surface area (Å²) in [7, 11) is 1.44. The number of non-ortho nitro benzene ring substituents is 1. The van der Waals surface area contributed by atoms with E-state index in [0.29, 0.717) is 15.9 Å². The number of esters is 1. The molecule has 0 aliphatic rings. The van der Waals surface area contributed by atoms with E-state index >= 15 is 0 Å². The van der Waals surface area contributed by atoms with Gasteiger partial charge in [0.2, 0.25) is 0 Å². The molecule has 0 atom stereocenters. The summed E-state index contributed by atoms with van der Waals surface area (Å²) in [5, 5.41) is 13.2. The number of nitrogens with one attached hydrogen (secondary N) is 1. The van der Waals surface area contributed by atoms with Gasteiger partial charge in [-0.3, -0.25) is 14.9 Å². The number of thioether (sulfide) groups is 1. The molecular formula is C17H15BrN2O6S. The van der Waals surface area contributed by atoms with Crippen LogP contribution in [-0.4, -0.2) is 36.8 Å². The second-order valence-electron chi connectivity index (χ2n) is 5.11. The second kappa shape index (κ2) is 9.38. The van der Waals surface area contributed by atoms with Gasteiger partial charge in [0.25, 0.3) is 11.6 Å². The number of rotatable bonds is 7. The number of hydrogen-bond donors (Lipinski definition) is 1. The van der Waals surface area contributed by atoms with Gasteiger partial charge in [0.05, 0.1) is 17.7 Å². The molecule has 0 aromatic heterocycles. The molecule has 0 heterocycles. The van der Waals surface area contributed by atoms with E-state index in [1.807, 2.05) is 6.26 Å².